The molecule has 0 aromatic carbocycles. The maximum Gasteiger partial charge on any atom is 0.322 e. The molecule has 3 amide bonds. The summed E-state index contributed by atoms with van der Waals surface area (Å²) in [6, 6.07) is -0.534. The number of aliphatic carboxylic acids is 1. The summed E-state index contributed by atoms with van der Waals surface area (Å²) in [5, 5.41) is 15.3. The topological polar surface area (TPSA) is 125 Å². The van der Waals surface area contributed by atoms with Gasteiger partial charge in [-0.2, -0.15) is 0 Å². The Morgan fingerprint density at radius 2 is 2.00 bits per heavy atom. The van der Waals surface area contributed by atoms with Crippen LogP contribution in [-0.4, -0.2) is 45.7 Å². The van der Waals surface area contributed by atoms with E-state index in [4.69, 9.17) is 5.11 Å². The number of carboxylic acid groups (broad SMARTS) is 1. The summed E-state index contributed by atoms with van der Waals surface area (Å²) < 4.78 is 1.75. The molecular formula is C10H15N5O4. The third-order valence-corrected chi connectivity index (χ3v) is 2.17. The van der Waals surface area contributed by atoms with E-state index >= 15 is 0 Å². The van der Waals surface area contributed by atoms with Crippen molar-refractivity contribution in [3.8, 4) is 0 Å². The molecule has 0 spiro atoms. The molecule has 0 unspecified atom stereocenters. The van der Waals surface area contributed by atoms with Gasteiger partial charge in [0.05, 0.1) is 13.1 Å². The third kappa shape index (κ3) is 5.52. The molecule has 1 rings (SSSR count). The molecule has 0 aliphatic heterocycles. The minimum atomic E-state index is -1.15. The molecule has 9 nitrogen and oxygen atoms in total. The van der Waals surface area contributed by atoms with Crippen molar-refractivity contribution >= 4 is 17.9 Å². The lowest BCUT2D eigenvalue weighted by Gasteiger charge is -2.07. The highest BCUT2D eigenvalue weighted by Crippen LogP contribution is 1.92. The number of carbonyl (C=O) groups excluding carboxylic acids is 2. The summed E-state index contributed by atoms with van der Waals surface area (Å²) in [5.41, 5.74) is 0. The number of aryl methyl sites for hydroxylation is 1. The van der Waals surface area contributed by atoms with Crippen LogP contribution in [0.4, 0.5) is 4.79 Å². The average molecular weight is 269 g/mol. The van der Waals surface area contributed by atoms with Gasteiger partial charge in [-0.25, -0.2) is 9.78 Å². The Labute approximate surface area is 109 Å². The van der Waals surface area contributed by atoms with E-state index in [0.717, 1.165) is 0 Å². The van der Waals surface area contributed by atoms with Crippen molar-refractivity contribution in [1.29, 1.82) is 0 Å². The molecule has 0 aliphatic carbocycles. The molecule has 104 valence electrons. The highest BCUT2D eigenvalue weighted by molar-refractivity contribution is 5.86. The zero-order valence-electron chi connectivity index (χ0n) is 10.3. The number of hydrogen-bond acceptors (Lipinski definition) is 4. The van der Waals surface area contributed by atoms with Gasteiger partial charge in [-0.15, -0.1) is 0 Å². The van der Waals surface area contributed by atoms with Crippen molar-refractivity contribution in [2.45, 2.75) is 6.54 Å². The van der Waals surface area contributed by atoms with Crippen LogP contribution < -0.4 is 16.0 Å². The number of amides is 3. The normalized spacial score (nSPS) is 9.74. The molecule has 1 aromatic rings. The van der Waals surface area contributed by atoms with Gasteiger partial charge in [-0.05, 0) is 0 Å². The van der Waals surface area contributed by atoms with Gasteiger partial charge >= 0.3 is 12.0 Å². The summed E-state index contributed by atoms with van der Waals surface area (Å²) in [4.78, 5) is 36.6. The SMILES string of the molecule is Cn1ccnc1CNC(=O)NCC(=O)NCC(=O)O. The average Bonchev–Trinajstić information content (AvgIpc) is 2.77. The van der Waals surface area contributed by atoms with Crippen molar-refractivity contribution in [2.24, 2.45) is 7.05 Å². The van der Waals surface area contributed by atoms with Crippen LogP contribution in [0.1, 0.15) is 5.82 Å². The Morgan fingerprint density at radius 1 is 1.26 bits per heavy atom. The van der Waals surface area contributed by atoms with Gasteiger partial charge < -0.3 is 25.6 Å². The molecule has 1 aromatic heterocycles. The third-order valence-electron chi connectivity index (χ3n) is 2.17. The first-order chi connectivity index (χ1) is 8.99. The Balaban J connectivity index is 2.19. The molecule has 0 bridgehead atoms. The molecule has 0 aliphatic rings. The molecule has 0 saturated heterocycles. The van der Waals surface area contributed by atoms with Gasteiger partial charge in [0.2, 0.25) is 5.91 Å². The number of nitrogens with one attached hydrogen (secondary N) is 3. The zero-order valence-corrected chi connectivity index (χ0v) is 10.3. The number of carbonyl (C=O) groups is 3. The molecule has 1 heterocycles. The van der Waals surface area contributed by atoms with Crippen LogP contribution in [0.3, 0.4) is 0 Å². The van der Waals surface area contributed by atoms with Crippen LogP contribution in [0.15, 0.2) is 12.4 Å². The van der Waals surface area contributed by atoms with E-state index in [1.165, 1.54) is 0 Å². The van der Waals surface area contributed by atoms with Crippen LogP contribution in [0.25, 0.3) is 0 Å². The fourth-order valence-corrected chi connectivity index (χ4v) is 1.19. The van der Waals surface area contributed by atoms with Gasteiger partial charge in [-0.3, -0.25) is 9.59 Å². The second-order valence-electron chi connectivity index (χ2n) is 3.66. The summed E-state index contributed by atoms with van der Waals surface area (Å²) in [7, 11) is 1.79. The lowest BCUT2D eigenvalue weighted by molar-refractivity contribution is -0.137. The van der Waals surface area contributed by atoms with Crippen LogP contribution in [0.2, 0.25) is 0 Å². The first kappa shape index (κ1) is 14.5. The fraction of sp³-hybridized carbons (Fsp3) is 0.400. The fourth-order valence-electron chi connectivity index (χ4n) is 1.19. The maximum atomic E-state index is 11.3. The monoisotopic (exact) mass is 269 g/mol. The van der Waals surface area contributed by atoms with Crippen LogP contribution in [0, 0.1) is 0 Å². The number of carboxylic acids is 1. The molecule has 9 heteroatoms. The van der Waals surface area contributed by atoms with Crippen LogP contribution >= 0.6 is 0 Å². The second kappa shape index (κ2) is 6.99. The van der Waals surface area contributed by atoms with Crippen molar-refractivity contribution < 1.29 is 19.5 Å². The van der Waals surface area contributed by atoms with E-state index in [2.05, 4.69) is 20.9 Å². The first-order valence-electron chi connectivity index (χ1n) is 5.45. The minimum absolute atomic E-state index is 0.228. The van der Waals surface area contributed by atoms with E-state index in [1.807, 2.05) is 0 Å². The molecule has 0 fully saturated rings. The van der Waals surface area contributed by atoms with Crippen molar-refractivity contribution in [3.05, 3.63) is 18.2 Å². The summed E-state index contributed by atoms with van der Waals surface area (Å²) in [5.74, 6) is -1.05. The molecule has 0 atom stereocenters. The number of aromatic nitrogens is 2. The minimum Gasteiger partial charge on any atom is -0.480 e. The van der Waals surface area contributed by atoms with Crippen molar-refractivity contribution in [2.75, 3.05) is 13.1 Å². The Morgan fingerprint density at radius 3 is 2.58 bits per heavy atom. The Bertz CT molecular complexity index is 470. The number of nitrogens with zero attached hydrogens (tertiary/aromatic N) is 2. The highest BCUT2D eigenvalue weighted by Gasteiger charge is 2.07. The van der Waals surface area contributed by atoms with E-state index < -0.39 is 24.5 Å². The molecule has 0 saturated carbocycles. The summed E-state index contributed by atoms with van der Waals surface area (Å²) in [6.07, 6.45) is 3.35. The largest absolute Gasteiger partial charge is 0.480 e. The van der Waals surface area contributed by atoms with Gasteiger partial charge in [-0.1, -0.05) is 0 Å². The quantitative estimate of drug-likeness (QED) is 0.496. The van der Waals surface area contributed by atoms with Gasteiger partial charge in [0.1, 0.15) is 12.4 Å². The smallest absolute Gasteiger partial charge is 0.322 e. The van der Waals surface area contributed by atoms with Crippen molar-refractivity contribution in [3.63, 3.8) is 0 Å². The molecular weight excluding hydrogens is 254 g/mol. The van der Waals surface area contributed by atoms with Gasteiger partial charge in [0.15, 0.2) is 0 Å². The van der Waals surface area contributed by atoms with E-state index in [-0.39, 0.29) is 13.1 Å². The standard InChI is InChI=1S/C10H15N5O4/c1-15-3-2-11-7(15)4-13-10(19)14-5-8(16)12-6-9(17)18/h2-3H,4-6H2,1H3,(H,12,16)(H,17,18)(H2,13,14,19). The Hall–Kier alpha value is -2.58. The Kier molecular flexibility index (Phi) is 5.33. The predicted molar refractivity (Wildman–Crippen MR) is 64.1 cm³/mol. The van der Waals surface area contributed by atoms with Crippen LogP contribution in [-0.2, 0) is 23.2 Å². The number of urea groups is 1. The number of imidazole rings is 1. The lowest BCUT2D eigenvalue weighted by atomic mass is 10.5. The second-order valence-corrected chi connectivity index (χ2v) is 3.66. The predicted octanol–water partition coefficient (Wildman–Crippen LogP) is -1.58. The molecule has 4 N–H and O–H groups in total. The first-order valence-corrected chi connectivity index (χ1v) is 5.45. The maximum absolute atomic E-state index is 11.3. The summed E-state index contributed by atoms with van der Waals surface area (Å²) >= 11 is 0. The van der Waals surface area contributed by atoms with Crippen molar-refractivity contribution in [1.82, 2.24) is 25.5 Å². The van der Waals surface area contributed by atoms with Gasteiger partial charge in [0.25, 0.3) is 0 Å². The number of hydrogen-bond donors (Lipinski definition) is 4. The van der Waals surface area contributed by atoms with E-state index in [1.54, 1.807) is 24.0 Å². The van der Waals surface area contributed by atoms with E-state index in [0.29, 0.717) is 5.82 Å². The lowest BCUT2D eigenvalue weighted by Crippen LogP contribution is -2.43. The zero-order chi connectivity index (χ0) is 14.3. The number of rotatable bonds is 6. The highest BCUT2D eigenvalue weighted by atomic mass is 16.4. The summed E-state index contributed by atoms with van der Waals surface area (Å²) in [6.45, 7) is -0.541. The van der Waals surface area contributed by atoms with E-state index in [9.17, 15) is 14.4 Å². The van der Waals surface area contributed by atoms with Crippen LogP contribution in [0.5, 0.6) is 0 Å². The molecule has 0 radical (unpaired) electrons. The van der Waals surface area contributed by atoms with Gasteiger partial charge in [0, 0.05) is 19.4 Å². The molecule has 19 heavy (non-hydrogen) atoms.